The SMILES string of the molecule is CC(C)c1cccc(OCC[C@H]2CCCNC2)c1. The Morgan fingerprint density at radius 2 is 2.28 bits per heavy atom. The van der Waals surface area contributed by atoms with E-state index in [1.807, 2.05) is 0 Å². The molecule has 1 aromatic carbocycles. The third-order valence-electron chi connectivity index (χ3n) is 3.72. The summed E-state index contributed by atoms with van der Waals surface area (Å²) in [4.78, 5) is 0. The van der Waals surface area contributed by atoms with Crippen LogP contribution in [-0.4, -0.2) is 19.7 Å². The predicted octanol–water partition coefficient (Wildman–Crippen LogP) is 3.58. The summed E-state index contributed by atoms with van der Waals surface area (Å²) in [5, 5.41) is 3.45. The Morgan fingerprint density at radius 3 is 3.00 bits per heavy atom. The molecule has 1 aromatic rings. The van der Waals surface area contributed by atoms with E-state index in [0.717, 1.165) is 24.8 Å². The first-order valence-corrected chi connectivity index (χ1v) is 7.19. The Morgan fingerprint density at radius 1 is 1.39 bits per heavy atom. The summed E-state index contributed by atoms with van der Waals surface area (Å²) in [6.07, 6.45) is 3.83. The first-order chi connectivity index (χ1) is 8.75. The van der Waals surface area contributed by atoms with E-state index < -0.39 is 0 Å². The molecule has 0 aliphatic carbocycles. The lowest BCUT2D eigenvalue weighted by Crippen LogP contribution is -2.30. The number of hydrogen-bond acceptors (Lipinski definition) is 2. The van der Waals surface area contributed by atoms with Gasteiger partial charge >= 0.3 is 0 Å². The fourth-order valence-corrected chi connectivity index (χ4v) is 2.48. The van der Waals surface area contributed by atoms with Gasteiger partial charge in [-0.3, -0.25) is 0 Å². The average Bonchev–Trinajstić information content (AvgIpc) is 2.40. The Kier molecular flexibility index (Phi) is 5.06. The fraction of sp³-hybridized carbons (Fsp3) is 0.625. The molecule has 1 fully saturated rings. The maximum absolute atomic E-state index is 5.87. The number of piperidine rings is 1. The summed E-state index contributed by atoms with van der Waals surface area (Å²) in [5.41, 5.74) is 1.35. The van der Waals surface area contributed by atoms with E-state index in [1.165, 1.54) is 31.4 Å². The van der Waals surface area contributed by atoms with Crippen LogP contribution in [0.25, 0.3) is 0 Å². The van der Waals surface area contributed by atoms with Crippen LogP contribution in [0.2, 0.25) is 0 Å². The number of benzene rings is 1. The normalized spacial score (nSPS) is 20.1. The van der Waals surface area contributed by atoms with Crippen LogP contribution < -0.4 is 10.1 Å². The van der Waals surface area contributed by atoms with Crippen molar-refractivity contribution in [2.75, 3.05) is 19.7 Å². The van der Waals surface area contributed by atoms with Gasteiger partial charge in [-0.25, -0.2) is 0 Å². The quantitative estimate of drug-likeness (QED) is 0.858. The van der Waals surface area contributed by atoms with E-state index >= 15 is 0 Å². The summed E-state index contributed by atoms with van der Waals surface area (Å²) in [5.74, 6) is 2.38. The number of ether oxygens (including phenoxy) is 1. The van der Waals surface area contributed by atoms with Crippen molar-refractivity contribution in [1.82, 2.24) is 5.32 Å². The van der Waals surface area contributed by atoms with Crippen LogP contribution in [0.3, 0.4) is 0 Å². The molecule has 2 nitrogen and oxygen atoms in total. The van der Waals surface area contributed by atoms with E-state index in [4.69, 9.17) is 4.74 Å². The number of rotatable bonds is 5. The Balaban J connectivity index is 1.77. The molecule has 0 aromatic heterocycles. The van der Waals surface area contributed by atoms with Gasteiger partial charge in [0, 0.05) is 0 Å². The van der Waals surface area contributed by atoms with E-state index in [1.54, 1.807) is 0 Å². The second kappa shape index (κ2) is 6.79. The summed E-state index contributed by atoms with van der Waals surface area (Å²) < 4.78 is 5.87. The molecule has 0 amide bonds. The molecule has 0 unspecified atom stereocenters. The molecule has 1 saturated heterocycles. The third kappa shape index (κ3) is 4.02. The minimum atomic E-state index is 0.566. The number of hydrogen-bond donors (Lipinski definition) is 1. The van der Waals surface area contributed by atoms with E-state index in [9.17, 15) is 0 Å². The molecule has 1 aliphatic heterocycles. The molecule has 0 radical (unpaired) electrons. The van der Waals surface area contributed by atoms with E-state index in [-0.39, 0.29) is 0 Å². The van der Waals surface area contributed by atoms with Gasteiger partial charge < -0.3 is 10.1 Å². The smallest absolute Gasteiger partial charge is 0.119 e. The van der Waals surface area contributed by atoms with Gasteiger partial charge in [0.1, 0.15) is 5.75 Å². The van der Waals surface area contributed by atoms with Crippen LogP contribution in [0.1, 0.15) is 44.6 Å². The molecule has 2 heteroatoms. The molecule has 18 heavy (non-hydrogen) atoms. The van der Waals surface area contributed by atoms with Crippen molar-refractivity contribution < 1.29 is 4.74 Å². The first-order valence-electron chi connectivity index (χ1n) is 7.19. The van der Waals surface area contributed by atoms with Crippen molar-refractivity contribution in [2.45, 2.75) is 39.0 Å². The lowest BCUT2D eigenvalue weighted by molar-refractivity contribution is 0.254. The van der Waals surface area contributed by atoms with E-state index in [0.29, 0.717) is 5.92 Å². The molecule has 100 valence electrons. The van der Waals surface area contributed by atoms with Gasteiger partial charge in [-0.2, -0.15) is 0 Å². The number of nitrogens with one attached hydrogen (secondary N) is 1. The van der Waals surface area contributed by atoms with Crippen molar-refractivity contribution in [3.63, 3.8) is 0 Å². The van der Waals surface area contributed by atoms with Gasteiger partial charge in [-0.05, 0) is 61.9 Å². The molecule has 2 rings (SSSR count). The van der Waals surface area contributed by atoms with Gasteiger partial charge in [0.05, 0.1) is 6.61 Å². The van der Waals surface area contributed by atoms with Crippen molar-refractivity contribution in [3.05, 3.63) is 29.8 Å². The molecule has 1 atom stereocenters. The highest BCUT2D eigenvalue weighted by Gasteiger charge is 2.12. The molecule has 0 bridgehead atoms. The maximum atomic E-state index is 5.87. The molecule has 0 saturated carbocycles. The summed E-state index contributed by atoms with van der Waals surface area (Å²) in [6.45, 7) is 7.62. The van der Waals surface area contributed by atoms with Gasteiger partial charge in [-0.1, -0.05) is 26.0 Å². The van der Waals surface area contributed by atoms with Crippen LogP contribution in [0.15, 0.2) is 24.3 Å². The van der Waals surface area contributed by atoms with Gasteiger partial charge in [0.15, 0.2) is 0 Å². The lowest BCUT2D eigenvalue weighted by Gasteiger charge is -2.22. The Hall–Kier alpha value is -1.02. The van der Waals surface area contributed by atoms with Gasteiger partial charge in [0.2, 0.25) is 0 Å². The first kappa shape index (κ1) is 13.4. The standard InChI is InChI=1S/C16H25NO/c1-13(2)15-6-3-7-16(11-15)18-10-8-14-5-4-9-17-12-14/h3,6-7,11,13-14,17H,4-5,8-10,12H2,1-2H3/t14-/m1/s1. The van der Waals surface area contributed by atoms with Crippen LogP contribution in [0.4, 0.5) is 0 Å². The maximum Gasteiger partial charge on any atom is 0.119 e. The zero-order valence-electron chi connectivity index (χ0n) is 11.6. The second-order valence-corrected chi connectivity index (χ2v) is 5.58. The van der Waals surface area contributed by atoms with Crippen LogP contribution in [0.5, 0.6) is 5.75 Å². The second-order valence-electron chi connectivity index (χ2n) is 5.58. The lowest BCUT2D eigenvalue weighted by atomic mass is 9.97. The van der Waals surface area contributed by atoms with Crippen molar-refractivity contribution >= 4 is 0 Å². The molecular weight excluding hydrogens is 222 g/mol. The van der Waals surface area contributed by atoms with Crippen LogP contribution in [0, 0.1) is 5.92 Å². The molecule has 1 N–H and O–H groups in total. The Bertz CT molecular complexity index is 356. The van der Waals surface area contributed by atoms with Crippen LogP contribution in [-0.2, 0) is 0 Å². The van der Waals surface area contributed by atoms with Gasteiger partial charge in [0.25, 0.3) is 0 Å². The van der Waals surface area contributed by atoms with E-state index in [2.05, 4.69) is 43.4 Å². The largest absolute Gasteiger partial charge is 0.494 e. The molecule has 0 spiro atoms. The molecule has 1 heterocycles. The van der Waals surface area contributed by atoms with Crippen molar-refractivity contribution in [2.24, 2.45) is 5.92 Å². The zero-order valence-corrected chi connectivity index (χ0v) is 11.6. The highest BCUT2D eigenvalue weighted by molar-refractivity contribution is 5.30. The molecule has 1 aliphatic rings. The minimum absolute atomic E-state index is 0.566. The highest BCUT2D eigenvalue weighted by Crippen LogP contribution is 2.21. The summed E-state index contributed by atoms with van der Waals surface area (Å²) in [6, 6.07) is 8.49. The van der Waals surface area contributed by atoms with Crippen molar-refractivity contribution in [3.8, 4) is 5.75 Å². The van der Waals surface area contributed by atoms with Crippen molar-refractivity contribution in [1.29, 1.82) is 0 Å². The Labute approximate surface area is 111 Å². The topological polar surface area (TPSA) is 21.3 Å². The third-order valence-corrected chi connectivity index (χ3v) is 3.72. The highest BCUT2D eigenvalue weighted by atomic mass is 16.5. The van der Waals surface area contributed by atoms with Gasteiger partial charge in [-0.15, -0.1) is 0 Å². The summed E-state index contributed by atoms with van der Waals surface area (Å²) >= 11 is 0. The zero-order chi connectivity index (χ0) is 12.8. The predicted molar refractivity (Wildman–Crippen MR) is 76.2 cm³/mol. The minimum Gasteiger partial charge on any atom is -0.494 e. The summed E-state index contributed by atoms with van der Waals surface area (Å²) in [7, 11) is 0. The fourth-order valence-electron chi connectivity index (χ4n) is 2.48. The van der Waals surface area contributed by atoms with Crippen LogP contribution >= 0.6 is 0 Å². The average molecular weight is 247 g/mol. The molecular formula is C16H25NO. The monoisotopic (exact) mass is 247 g/mol.